The molecule has 0 bridgehead atoms. The predicted octanol–water partition coefficient (Wildman–Crippen LogP) is 2.27. The Labute approximate surface area is 65.5 Å². The number of aliphatic hydroxyl groups is 1. The molecule has 0 aliphatic rings. The zero-order valence-electron chi connectivity index (χ0n) is 6.34. The summed E-state index contributed by atoms with van der Waals surface area (Å²) < 4.78 is 12.8. The van der Waals surface area contributed by atoms with Crippen molar-refractivity contribution in [1.29, 1.82) is 0 Å². The number of aliphatic hydroxyl groups excluding tert-OH is 1. The SMILES string of the molecule is CCc1cc([CH]O)ccc1F. The van der Waals surface area contributed by atoms with Crippen LogP contribution in [-0.2, 0) is 6.42 Å². The molecule has 0 heterocycles. The van der Waals surface area contributed by atoms with Gasteiger partial charge in [-0.2, -0.15) is 0 Å². The van der Waals surface area contributed by atoms with Gasteiger partial charge in [-0.3, -0.25) is 0 Å². The largest absolute Gasteiger partial charge is 0.385 e. The number of rotatable bonds is 2. The standard InChI is InChI=1S/C9H10FO/c1-2-8-5-7(6-11)3-4-9(8)10/h3-6,11H,2H2,1H3. The van der Waals surface area contributed by atoms with Gasteiger partial charge in [0.2, 0.25) is 0 Å². The number of aryl methyl sites for hydroxylation is 1. The van der Waals surface area contributed by atoms with Crippen molar-refractivity contribution in [3.63, 3.8) is 0 Å². The van der Waals surface area contributed by atoms with E-state index in [-0.39, 0.29) is 5.82 Å². The average molecular weight is 153 g/mol. The van der Waals surface area contributed by atoms with Crippen LogP contribution in [0.5, 0.6) is 0 Å². The van der Waals surface area contributed by atoms with Crippen LogP contribution in [0.4, 0.5) is 4.39 Å². The number of benzene rings is 1. The summed E-state index contributed by atoms with van der Waals surface area (Å²) in [5.74, 6) is -0.210. The molecular formula is C9H10FO. The maximum atomic E-state index is 12.8. The van der Waals surface area contributed by atoms with Crippen molar-refractivity contribution in [2.24, 2.45) is 0 Å². The molecule has 0 aliphatic heterocycles. The molecule has 11 heavy (non-hydrogen) atoms. The van der Waals surface area contributed by atoms with E-state index in [4.69, 9.17) is 5.11 Å². The van der Waals surface area contributed by atoms with Crippen LogP contribution in [0.25, 0.3) is 0 Å². The summed E-state index contributed by atoms with van der Waals surface area (Å²) in [6.07, 6.45) is 0.646. The summed E-state index contributed by atoms with van der Waals surface area (Å²) in [5, 5.41) is 8.60. The van der Waals surface area contributed by atoms with E-state index in [0.717, 1.165) is 6.61 Å². The van der Waals surface area contributed by atoms with E-state index in [1.807, 2.05) is 6.92 Å². The molecule has 0 unspecified atom stereocenters. The van der Waals surface area contributed by atoms with Gasteiger partial charge >= 0.3 is 0 Å². The van der Waals surface area contributed by atoms with Gasteiger partial charge in [-0.1, -0.05) is 19.1 Å². The van der Waals surface area contributed by atoms with Crippen molar-refractivity contribution in [2.45, 2.75) is 13.3 Å². The molecule has 2 heteroatoms. The van der Waals surface area contributed by atoms with E-state index in [1.165, 1.54) is 12.1 Å². The minimum Gasteiger partial charge on any atom is -0.385 e. The molecule has 0 fully saturated rings. The van der Waals surface area contributed by atoms with E-state index in [9.17, 15) is 4.39 Å². The zero-order valence-corrected chi connectivity index (χ0v) is 6.34. The quantitative estimate of drug-likeness (QED) is 0.691. The minimum atomic E-state index is -0.210. The minimum absolute atomic E-state index is 0.210. The van der Waals surface area contributed by atoms with E-state index in [2.05, 4.69) is 0 Å². The Balaban J connectivity index is 3.02. The molecule has 1 N–H and O–H groups in total. The number of hydrogen-bond acceptors (Lipinski definition) is 1. The Morgan fingerprint density at radius 3 is 2.82 bits per heavy atom. The van der Waals surface area contributed by atoms with Crippen LogP contribution >= 0.6 is 0 Å². The molecule has 1 aromatic rings. The van der Waals surface area contributed by atoms with Crippen LogP contribution < -0.4 is 0 Å². The first-order valence-electron chi connectivity index (χ1n) is 3.53. The molecule has 0 atom stereocenters. The van der Waals surface area contributed by atoms with Gasteiger partial charge in [0.25, 0.3) is 0 Å². The third-order valence-electron chi connectivity index (χ3n) is 1.60. The van der Waals surface area contributed by atoms with Gasteiger partial charge in [-0.15, -0.1) is 0 Å². The van der Waals surface area contributed by atoms with Gasteiger partial charge < -0.3 is 5.11 Å². The van der Waals surface area contributed by atoms with Crippen molar-refractivity contribution in [2.75, 3.05) is 0 Å². The summed E-state index contributed by atoms with van der Waals surface area (Å²) in [4.78, 5) is 0. The van der Waals surface area contributed by atoms with Crippen molar-refractivity contribution < 1.29 is 9.50 Å². The van der Waals surface area contributed by atoms with Gasteiger partial charge in [-0.05, 0) is 23.6 Å². The molecule has 0 spiro atoms. The van der Waals surface area contributed by atoms with E-state index in [0.29, 0.717) is 17.5 Å². The molecule has 0 aliphatic carbocycles. The van der Waals surface area contributed by atoms with E-state index < -0.39 is 0 Å². The fraction of sp³-hybridized carbons (Fsp3) is 0.222. The fourth-order valence-corrected chi connectivity index (χ4v) is 0.946. The van der Waals surface area contributed by atoms with Gasteiger partial charge in [-0.25, -0.2) is 4.39 Å². The Bertz CT molecular complexity index is 245. The fourth-order valence-electron chi connectivity index (χ4n) is 0.946. The lowest BCUT2D eigenvalue weighted by Crippen LogP contribution is -1.89. The molecule has 1 radical (unpaired) electrons. The van der Waals surface area contributed by atoms with Crippen molar-refractivity contribution in [3.05, 3.63) is 41.8 Å². The van der Waals surface area contributed by atoms with Gasteiger partial charge in [0.1, 0.15) is 12.4 Å². The third kappa shape index (κ3) is 1.77. The first-order chi connectivity index (χ1) is 5.27. The molecule has 0 saturated heterocycles. The van der Waals surface area contributed by atoms with Crippen molar-refractivity contribution in [1.82, 2.24) is 0 Å². The van der Waals surface area contributed by atoms with Gasteiger partial charge in [0.05, 0.1) is 0 Å². The molecule has 0 amide bonds. The summed E-state index contributed by atoms with van der Waals surface area (Å²) in [6.45, 7) is 2.85. The Morgan fingerprint density at radius 2 is 2.27 bits per heavy atom. The molecule has 1 rings (SSSR count). The van der Waals surface area contributed by atoms with Crippen LogP contribution in [0.2, 0.25) is 0 Å². The summed E-state index contributed by atoms with van der Waals surface area (Å²) in [5.41, 5.74) is 1.27. The number of halogens is 1. The number of hydrogen-bond donors (Lipinski definition) is 1. The van der Waals surface area contributed by atoms with Crippen LogP contribution in [-0.4, -0.2) is 5.11 Å². The highest BCUT2D eigenvalue weighted by Gasteiger charge is 1.99. The molecule has 59 valence electrons. The highest BCUT2D eigenvalue weighted by molar-refractivity contribution is 5.28. The summed E-state index contributed by atoms with van der Waals surface area (Å²) >= 11 is 0. The molecule has 1 nitrogen and oxygen atoms in total. The average Bonchev–Trinajstić information content (AvgIpc) is 2.05. The second kappa shape index (κ2) is 3.49. The highest BCUT2D eigenvalue weighted by Crippen LogP contribution is 2.11. The van der Waals surface area contributed by atoms with E-state index >= 15 is 0 Å². The predicted molar refractivity (Wildman–Crippen MR) is 41.1 cm³/mol. The zero-order chi connectivity index (χ0) is 8.27. The van der Waals surface area contributed by atoms with Crippen molar-refractivity contribution >= 4 is 0 Å². The first kappa shape index (κ1) is 8.21. The molecule has 0 saturated carbocycles. The topological polar surface area (TPSA) is 20.2 Å². The lowest BCUT2D eigenvalue weighted by Gasteiger charge is -2.00. The summed E-state index contributed by atoms with van der Waals surface area (Å²) in [6, 6.07) is 4.53. The third-order valence-corrected chi connectivity index (χ3v) is 1.60. The maximum Gasteiger partial charge on any atom is 0.126 e. The van der Waals surface area contributed by atoms with Crippen LogP contribution in [0.3, 0.4) is 0 Å². The maximum absolute atomic E-state index is 12.8. The van der Waals surface area contributed by atoms with Crippen LogP contribution in [0.15, 0.2) is 18.2 Å². The lowest BCUT2D eigenvalue weighted by molar-refractivity contribution is 0.414. The molecule has 0 aromatic heterocycles. The van der Waals surface area contributed by atoms with Gasteiger partial charge in [0, 0.05) is 0 Å². The Kier molecular flexibility index (Phi) is 2.60. The molecular weight excluding hydrogens is 143 g/mol. The summed E-state index contributed by atoms with van der Waals surface area (Å²) in [7, 11) is 0. The van der Waals surface area contributed by atoms with Crippen molar-refractivity contribution in [3.8, 4) is 0 Å². The van der Waals surface area contributed by atoms with Crippen LogP contribution in [0.1, 0.15) is 18.1 Å². The Morgan fingerprint density at radius 1 is 1.55 bits per heavy atom. The lowest BCUT2D eigenvalue weighted by atomic mass is 10.1. The van der Waals surface area contributed by atoms with E-state index in [1.54, 1.807) is 6.07 Å². The molecule has 1 aromatic carbocycles. The Hall–Kier alpha value is -0.890. The second-order valence-corrected chi connectivity index (χ2v) is 2.33. The first-order valence-corrected chi connectivity index (χ1v) is 3.53. The second-order valence-electron chi connectivity index (χ2n) is 2.33. The highest BCUT2D eigenvalue weighted by atomic mass is 19.1. The van der Waals surface area contributed by atoms with Gasteiger partial charge in [0.15, 0.2) is 0 Å². The van der Waals surface area contributed by atoms with Crippen LogP contribution in [0, 0.1) is 12.4 Å². The monoisotopic (exact) mass is 153 g/mol. The smallest absolute Gasteiger partial charge is 0.126 e. The normalized spacial score (nSPS) is 10.1.